The van der Waals surface area contributed by atoms with Gasteiger partial charge >= 0.3 is 0 Å². The smallest absolute Gasteiger partial charge is 0.155 e. The molecule has 1 saturated heterocycles. The molecule has 4 nitrogen and oxygen atoms in total. The first-order valence-electron chi connectivity index (χ1n) is 7.44. The second-order valence-corrected chi connectivity index (χ2v) is 8.39. The summed E-state index contributed by atoms with van der Waals surface area (Å²) in [4.78, 5) is 0. The highest BCUT2D eigenvalue weighted by atomic mass is 32.2. The fourth-order valence-electron chi connectivity index (χ4n) is 3.28. The van der Waals surface area contributed by atoms with Gasteiger partial charge in [0.1, 0.15) is 0 Å². The van der Waals surface area contributed by atoms with Gasteiger partial charge in [-0.1, -0.05) is 17.7 Å². The Labute approximate surface area is 127 Å². The first-order chi connectivity index (χ1) is 9.81. The Hall–Kier alpha value is -0.910. The summed E-state index contributed by atoms with van der Waals surface area (Å²) in [5.74, 6) is 0.0163. The summed E-state index contributed by atoms with van der Waals surface area (Å²) in [7, 11) is -3.18. The third kappa shape index (κ3) is 3.84. The summed E-state index contributed by atoms with van der Waals surface area (Å²) in [6.45, 7) is 7.09. The maximum absolute atomic E-state index is 12.5. The maximum Gasteiger partial charge on any atom is 0.155 e. The van der Waals surface area contributed by atoms with Crippen LogP contribution >= 0.6 is 0 Å². The zero-order valence-electron chi connectivity index (χ0n) is 13.1. The minimum absolute atomic E-state index is 0.0163. The molecular weight excluding hydrogens is 286 g/mol. The number of ether oxygens (including phenoxy) is 1. The van der Waals surface area contributed by atoms with Crippen LogP contribution in [0.2, 0.25) is 0 Å². The molecule has 0 aliphatic carbocycles. The van der Waals surface area contributed by atoms with Crippen LogP contribution in [0.15, 0.2) is 12.1 Å². The lowest BCUT2D eigenvalue weighted by Crippen LogP contribution is -2.34. The van der Waals surface area contributed by atoms with Gasteiger partial charge < -0.3 is 10.5 Å². The summed E-state index contributed by atoms with van der Waals surface area (Å²) >= 11 is 0. The molecule has 0 bridgehead atoms. The lowest BCUT2D eigenvalue weighted by atomic mass is 9.95. The van der Waals surface area contributed by atoms with Gasteiger partial charge in [0.25, 0.3) is 0 Å². The Kier molecular flexibility index (Phi) is 5.07. The van der Waals surface area contributed by atoms with E-state index in [4.69, 9.17) is 10.5 Å². The molecule has 1 aliphatic heterocycles. The Balaban J connectivity index is 2.19. The van der Waals surface area contributed by atoms with Gasteiger partial charge in [-0.05, 0) is 50.3 Å². The van der Waals surface area contributed by atoms with Crippen LogP contribution in [-0.4, -0.2) is 32.6 Å². The summed E-state index contributed by atoms with van der Waals surface area (Å²) in [5, 5.41) is -0.302. The summed E-state index contributed by atoms with van der Waals surface area (Å²) in [5.41, 5.74) is 10.5. The van der Waals surface area contributed by atoms with Crippen molar-refractivity contribution in [2.24, 2.45) is 5.73 Å². The van der Waals surface area contributed by atoms with Gasteiger partial charge in [0.05, 0.1) is 11.0 Å². The number of benzene rings is 1. The predicted octanol–water partition coefficient (Wildman–Crippen LogP) is 2.21. The fourth-order valence-corrected chi connectivity index (χ4v) is 5.13. The molecule has 2 rings (SSSR count). The van der Waals surface area contributed by atoms with E-state index in [2.05, 4.69) is 12.1 Å². The van der Waals surface area contributed by atoms with Crippen molar-refractivity contribution in [2.75, 3.05) is 19.0 Å². The highest BCUT2D eigenvalue weighted by Gasteiger charge is 2.30. The third-order valence-corrected chi connectivity index (χ3v) is 6.51. The Bertz CT molecular complexity index is 581. The third-order valence-electron chi connectivity index (χ3n) is 4.20. The molecule has 118 valence electrons. The maximum atomic E-state index is 12.5. The van der Waals surface area contributed by atoms with Crippen molar-refractivity contribution in [3.8, 4) is 0 Å². The van der Waals surface area contributed by atoms with E-state index in [1.165, 1.54) is 5.56 Å². The van der Waals surface area contributed by atoms with Crippen LogP contribution in [0.4, 0.5) is 0 Å². The second kappa shape index (κ2) is 6.46. The highest BCUT2D eigenvalue weighted by Crippen LogP contribution is 2.26. The van der Waals surface area contributed by atoms with Gasteiger partial charge in [0, 0.05) is 19.3 Å². The molecule has 1 aliphatic rings. The van der Waals surface area contributed by atoms with Crippen molar-refractivity contribution in [1.82, 2.24) is 0 Å². The van der Waals surface area contributed by atoms with Crippen LogP contribution in [0.1, 0.15) is 41.1 Å². The molecular formula is C16H25NO3S. The summed E-state index contributed by atoms with van der Waals surface area (Å²) in [6.07, 6.45) is 1.17. The van der Waals surface area contributed by atoms with Crippen LogP contribution in [0.5, 0.6) is 0 Å². The molecule has 0 aromatic heterocycles. The Morgan fingerprint density at radius 3 is 2.24 bits per heavy atom. The van der Waals surface area contributed by atoms with Crippen molar-refractivity contribution < 1.29 is 13.2 Å². The minimum atomic E-state index is -3.18. The molecule has 1 aromatic carbocycles. The van der Waals surface area contributed by atoms with E-state index in [1.54, 1.807) is 0 Å². The Morgan fingerprint density at radius 1 is 1.19 bits per heavy atom. The number of aryl methyl sites for hydroxylation is 3. The zero-order valence-corrected chi connectivity index (χ0v) is 13.9. The average molecular weight is 311 g/mol. The molecule has 0 saturated carbocycles. The number of hydrogen-bond donors (Lipinski definition) is 1. The molecule has 0 spiro atoms. The van der Waals surface area contributed by atoms with Crippen molar-refractivity contribution >= 4 is 9.84 Å². The molecule has 1 aromatic rings. The van der Waals surface area contributed by atoms with E-state index in [-0.39, 0.29) is 11.0 Å². The topological polar surface area (TPSA) is 69.4 Å². The first-order valence-corrected chi connectivity index (χ1v) is 9.15. The van der Waals surface area contributed by atoms with Crippen molar-refractivity contribution in [1.29, 1.82) is 0 Å². The van der Waals surface area contributed by atoms with Crippen LogP contribution in [0.25, 0.3) is 0 Å². The van der Waals surface area contributed by atoms with Gasteiger partial charge in [0.2, 0.25) is 0 Å². The van der Waals surface area contributed by atoms with Crippen molar-refractivity contribution in [3.05, 3.63) is 34.4 Å². The summed E-state index contributed by atoms with van der Waals surface area (Å²) < 4.78 is 30.3. The predicted molar refractivity (Wildman–Crippen MR) is 85.2 cm³/mol. The SMILES string of the molecule is Cc1cc(C)c(C(N)CS(=O)(=O)C2CCOCC2)c(C)c1. The zero-order chi connectivity index (χ0) is 15.6. The largest absolute Gasteiger partial charge is 0.381 e. The van der Waals surface area contributed by atoms with Gasteiger partial charge in [-0.25, -0.2) is 8.42 Å². The Morgan fingerprint density at radius 2 is 1.71 bits per heavy atom. The fraction of sp³-hybridized carbons (Fsp3) is 0.625. The van der Waals surface area contributed by atoms with E-state index in [1.807, 2.05) is 20.8 Å². The molecule has 1 heterocycles. The second-order valence-electron chi connectivity index (χ2n) is 6.06. The number of rotatable bonds is 4. The van der Waals surface area contributed by atoms with Crippen LogP contribution < -0.4 is 5.73 Å². The van der Waals surface area contributed by atoms with E-state index in [0.717, 1.165) is 16.7 Å². The standard InChI is InChI=1S/C16H25NO3S/c1-11-8-12(2)16(13(3)9-11)15(17)10-21(18,19)14-4-6-20-7-5-14/h8-9,14-15H,4-7,10,17H2,1-3H3. The summed E-state index contributed by atoms with van der Waals surface area (Å²) in [6, 6.07) is 3.66. The highest BCUT2D eigenvalue weighted by molar-refractivity contribution is 7.92. The average Bonchev–Trinajstić information content (AvgIpc) is 2.37. The van der Waals surface area contributed by atoms with Crippen molar-refractivity contribution in [3.63, 3.8) is 0 Å². The van der Waals surface area contributed by atoms with Crippen molar-refractivity contribution in [2.45, 2.75) is 44.9 Å². The quantitative estimate of drug-likeness (QED) is 0.925. The molecule has 1 fully saturated rings. The first kappa shape index (κ1) is 16.5. The molecule has 2 N–H and O–H groups in total. The van der Waals surface area contributed by atoms with E-state index >= 15 is 0 Å². The van der Waals surface area contributed by atoms with E-state index < -0.39 is 15.9 Å². The molecule has 21 heavy (non-hydrogen) atoms. The molecule has 0 amide bonds. The monoisotopic (exact) mass is 311 g/mol. The molecule has 1 atom stereocenters. The van der Waals surface area contributed by atoms with Crippen LogP contribution in [-0.2, 0) is 14.6 Å². The van der Waals surface area contributed by atoms with E-state index in [9.17, 15) is 8.42 Å². The van der Waals surface area contributed by atoms with Crippen LogP contribution in [0.3, 0.4) is 0 Å². The number of sulfone groups is 1. The number of hydrogen-bond acceptors (Lipinski definition) is 4. The van der Waals surface area contributed by atoms with Gasteiger partial charge in [-0.15, -0.1) is 0 Å². The normalized spacial score (nSPS) is 18.7. The molecule has 1 unspecified atom stereocenters. The minimum Gasteiger partial charge on any atom is -0.381 e. The molecule has 0 radical (unpaired) electrons. The van der Waals surface area contributed by atoms with Gasteiger partial charge in [-0.2, -0.15) is 0 Å². The van der Waals surface area contributed by atoms with Gasteiger partial charge in [0.15, 0.2) is 9.84 Å². The number of nitrogens with two attached hydrogens (primary N) is 1. The van der Waals surface area contributed by atoms with Gasteiger partial charge in [-0.3, -0.25) is 0 Å². The van der Waals surface area contributed by atoms with E-state index in [0.29, 0.717) is 26.1 Å². The lowest BCUT2D eigenvalue weighted by molar-refractivity contribution is 0.0983. The lowest BCUT2D eigenvalue weighted by Gasteiger charge is -2.25. The molecule has 5 heteroatoms. The van der Waals surface area contributed by atoms with Crippen LogP contribution in [0, 0.1) is 20.8 Å².